The molecule has 3 rings (SSSR count). The van der Waals surface area contributed by atoms with E-state index in [0.717, 1.165) is 34.4 Å². The highest BCUT2D eigenvalue weighted by Gasteiger charge is 2.30. The lowest BCUT2D eigenvalue weighted by Crippen LogP contribution is -2.12. The summed E-state index contributed by atoms with van der Waals surface area (Å²) in [4.78, 5) is 12.5. The minimum absolute atomic E-state index is 0.0602. The number of hydrogen-bond donors (Lipinski definition) is 0. The Kier molecular flexibility index (Phi) is 7.92. The smallest absolute Gasteiger partial charge is 0.299 e. The second-order valence-electron chi connectivity index (χ2n) is 8.79. The van der Waals surface area contributed by atoms with Crippen molar-refractivity contribution < 1.29 is 18.0 Å². The topological polar surface area (TPSA) is 17.1 Å². The number of alkyl halides is 3. The van der Waals surface area contributed by atoms with Crippen molar-refractivity contribution in [3.05, 3.63) is 93.0 Å². The van der Waals surface area contributed by atoms with E-state index in [2.05, 4.69) is 13.8 Å². The Bertz CT molecular complexity index is 1110. The van der Waals surface area contributed by atoms with E-state index in [1.54, 1.807) is 13.0 Å². The van der Waals surface area contributed by atoms with E-state index in [0.29, 0.717) is 34.4 Å². The minimum atomic E-state index is -4.39. The van der Waals surface area contributed by atoms with E-state index >= 15 is 0 Å². The summed E-state index contributed by atoms with van der Waals surface area (Å²) in [6.45, 7) is 5.70. The molecule has 0 aliphatic rings. The first-order chi connectivity index (χ1) is 15.4. The van der Waals surface area contributed by atoms with Crippen LogP contribution in [0.25, 0.3) is 11.1 Å². The molecule has 1 nitrogen and oxygen atoms in total. The average molecular weight is 493 g/mol. The molecule has 0 radical (unpaired) electrons. The summed E-state index contributed by atoms with van der Waals surface area (Å²) < 4.78 is 39.0. The Morgan fingerprint density at radius 1 is 0.848 bits per heavy atom. The van der Waals surface area contributed by atoms with Crippen molar-refractivity contribution in [2.75, 3.05) is 0 Å². The van der Waals surface area contributed by atoms with Crippen LogP contribution in [-0.4, -0.2) is 5.78 Å². The molecule has 0 aromatic heterocycles. The Balaban J connectivity index is 2.09. The van der Waals surface area contributed by atoms with Gasteiger partial charge >= 0.3 is 6.18 Å². The summed E-state index contributed by atoms with van der Waals surface area (Å²) in [7, 11) is 0. The van der Waals surface area contributed by atoms with Crippen molar-refractivity contribution in [2.24, 2.45) is 5.92 Å². The van der Waals surface area contributed by atoms with Crippen molar-refractivity contribution in [1.82, 2.24) is 0 Å². The summed E-state index contributed by atoms with van der Waals surface area (Å²) in [5.74, 6) is 0.0786. The fourth-order valence-corrected chi connectivity index (χ4v) is 4.57. The summed E-state index contributed by atoms with van der Waals surface area (Å²) in [6.07, 6.45) is -3.18. The minimum Gasteiger partial charge on any atom is -0.299 e. The van der Waals surface area contributed by atoms with Crippen LogP contribution in [0.5, 0.6) is 0 Å². The fourth-order valence-electron chi connectivity index (χ4n) is 4.00. The fraction of sp³-hybridized carbons (Fsp3) is 0.296. The summed E-state index contributed by atoms with van der Waals surface area (Å²) >= 11 is 12.3. The maximum atomic E-state index is 13.0. The summed E-state index contributed by atoms with van der Waals surface area (Å²) in [5.41, 5.74) is 3.41. The van der Waals surface area contributed by atoms with E-state index in [1.807, 2.05) is 30.3 Å². The molecule has 0 saturated carbocycles. The number of Topliss-reactive ketones (excluding diaryl/α,β-unsaturated/α-hetero) is 1. The number of hydrogen-bond acceptors (Lipinski definition) is 1. The van der Waals surface area contributed by atoms with Gasteiger partial charge in [-0.3, -0.25) is 4.79 Å². The number of carbonyl (C=O) groups excluding carboxylic acids is 1. The first-order valence-corrected chi connectivity index (χ1v) is 11.4. The highest BCUT2D eigenvalue weighted by molar-refractivity contribution is 6.34. The standard InChI is InChI=1S/C27H25Cl2F3O/c1-16(2)8-26(17(3)33)22-11-18(9-19-12-24(28)15-25(29)13-19)10-21(14-22)20-4-6-23(7-5-20)27(30,31)32/h4-7,10-16,26H,8-9H2,1-3H3. The third-order valence-corrected chi connectivity index (χ3v) is 5.93. The van der Waals surface area contributed by atoms with Crippen molar-refractivity contribution in [1.29, 1.82) is 0 Å². The molecular formula is C27H25Cl2F3O. The monoisotopic (exact) mass is 492 g/mol. The van der Waals surface area contributed by atoms with Gasteiger partial charge in [0.1, 0.15) is 5.78 Å². The molecule has 33 heavy (non-hydrogen) atoms. The second kappa shape index (κ2) is 10.3. The van der Waals surface area contributed by atoms with Crippen LogP contribution in [0.3, 0.4) is 0 Å². The molecule has 3 aromatic carbocycles. The van der Waals surface area contributed by atoms with Crippen LogP contribution in [0.4, 0.5) is 13.2 Å². The maximum Gasteiger partial charge on any atom is 0.416 e. The van der Waals surface area contributed by atoms with Gasteiger partial charge in [0.15, 0.2) is 0 Å². The van der Waals surface area contributed by atoms with Crippen LogP contribution >= 0.6 is 23.2 Å². The first-order valence-electron chi connectivity index (χ1n) is 10.7. The predicted octanol–water partition coefficient (Wildman–Crippen LogP) is 8.99. The molecule has 0 saturated heterocycles. The lowest BCUT2D eigenvalue weighted by atomic mass is 9.84. The van der Waals surface area contributed by atoms with Gasteiger partial charge in [0.25, 0.3) is 0 Å². The molecule has 0 aliphatic carbocycles. The Hall–Kier alpha value is -2.30. The molecule has 174 valence electrons. The number of carbonyl (C=O) groups is 1. The van der Waals surface area contributed by atoms with E-state index < -0.39 is 11.7 Å². The zero-order valence-corrected chi connectivity index (χ0v) is 20.2. The Morgan fingerprint density at radius 3 is 1.94 bits per heavy atom. The van der Waals surface area contributed by atoms with Crippen LogP contribution in [-0.2, 0) is 17.4 Å². The number of ketones is 1. The van der Waals surface area contributed by atoms with Crippen LogP contribution in [0.1, 0.15) is 55.4 Å². The SMILES string of the molecule is CC(=O)C(CC(C)C)c1cc(Cc2cc(Cl)cc(Cl)c2)cc(-c2ccc(C(F)(F)F)cc2)c1. The van der Waals surface area contributed by atoms with Crippen LogP contribution in [0, 0.1) is 5.92 Å². The van der Waals surface area contributed by atoms with Crippen molar-refractivity contribution >= 4 is 29.0 Å². The Labute approximate surface area is 202 Å². The molecule has 0 bridgehead atoms. The Morgan fingerprint density at radius 2 is 1.42 bits per heavy atom. The van der Waals surface area contributed by atoms with Gasteiger partial charge in [0.2, 0.25) is 0 Å². The molecule has 1 unspecified atom stereocenters. The third-order valence-electron chi connectivity index (χ3n) is 5.49. The van der Waals surface area contributed by atoms with Gasteiger partial charge in [-0.05, 0) is 83.8 Å². The third kappa shape index (κ3) is 6.84. The highest BCUT2D eigenvalue weighted by atomic mass is 35.5. The van der Waals surface area contributed by atoms with Gasteiger partial charge in [-0.1, -0.05) is 67.4 Å². The van der Waals surface area contributed by atoms with Crippen LogP contribution in [0.2, 0.25) is 10.0 Å². The molecular weight excluding hydrogens is 468 g/mol. The van der Waals surface area contributed by atoms with E-state index in [1.165, 1.54) is 12.1 Å². The zero-order chi connectivity index (χ0) is 24.3. The summed E-state index contributed by atoms with van der Waals surface area (Å²) in [6, 6.07) is 16.2. The van der Waals surface area contributed by atoms with Gasteiger partial charge in [-0.15, -0.1) is 0 Å². The molecule has 1 atom stereocenters. The number of halogens is 5. The van der Waals surface area contributed by atoms with Gasteiger partial charge in [-0.25, -0.2) is 0 Å². The zero-order valence-electron chi connectivity index (χ0n) is 18.6. The normalized spacial score (nSPS) is 12.8. The second-order valence-corrected chi connectivity index (χ2v) is 9.66. The van der Waals surface area contributed by atoms with Gasteiger partial charge in [0.05, 0.1) is 5.56 Å². The molecule has 6 heteroatoms. The first kappa shape index (κ1) is 25.3. The van der Waals surface area contributed by atoms with E-state index in [4.69, 9.17) is 23.2 Å². The van der Waals surface area contributed by atoms with Crippen LogP contribution in [0.15, 0.2) is 60.7 Å². The maximum absolute atomic E-state index is 13.0. The molecule has 0 spiro atoms. The lowest BCUT2D eigenvalue weighted by molar-refractivity contribution is -0.137. The molecule has 0 N–H and O–H groups in total. The van der Waals surface area contributed by atoms with Gasteiger partial charge < -0.3 is 0 Å². The van der Waals surface area contributed by atoms with E-state index in [9.17, 15) is 18.0 Å². The quantitative estimate of drug-likeness (QED) is 0.321. The van der Waals surface area contributed by atoms with E-state index in [-0.39, 0.29) is 11.7 Å². The highest BCUT2D eigenvalue weighted by Crippen LogP contribution is 2.34. The molecule has 0 fully saturated rings. The lowest BCUT2D eigenvalue weighted by Gasteiger charge is -2.19. The van der Waals surface area contributed by atoms with Crippen LogP contribution < -0.4 is 0 Å². The number of benzene rings is 3. The molecule has 0 aliphatic heterocycles. The number of rotatable bonds is 7. The molecule has 3 aromatic rings. The molecule has 0 amide bonds. The van der Waals surface area contributed by atoms with Crippen molar-refractivity contribution in [3.8, 4) is 11.1 Å². The predicted molar refractivity (Wildman–Crippen MR) is 129 cm³/mol. The van der Waals surface area contributed by atoms with Crippen molar-refractivity contribution in [2.45, 2.75) is 45.7 Å². The largest absolute Gasteiger partial charge is 0.416 e. The molecule has 0 heterocycles. The average Bonchev–Trinajstić information content (AvgIpc) is 2.70. The van der Waals surface area contributed by atoms with Crippen molar-refractivity contribution in [3.63, 3.8) is 0 Å². The summed E-state index contributed by atoms with van der Waals surface area (Å²) in [5, 5.41) is 1.05. The van der Waals surface area contributed by atoms with Gasteiger partial charge in [0, 0.05) is 16.0 Å². The van der Waals surface area contributed by atoms with Gasteiger partial charge in [-0.2, -0.15) is 13.2 Å².